The summed E-state index contributed by atoms with van der Waals surface area (Å²) in [7, 11) is 1.80. The van der Waals surface area contributed by atoms with Gasteiger partial charge in [-0.25, -0.2) is 0 Å². The molecule has 2 atom stereocenters. The fourth-order valence-electron chi connectivity index (χ4n) is 2.64. The molecule has 0 N–H and O–H groups in total. The molecule has 1 heterocycles. The smallest absolute Gasteiger partial charge is 0.0607 e. The van der Waals surface area contributed by atoms with Gasteiger partial charge in [-0.2, -0.15) is 0 Å². The van der Waals surface area contributed by atoms with Crippen molar-refractivity contribution in [2.45, 2.75) is 37.8 Å². The van der Waals surface area contributed by atoms with Crippen LogP contribution < -0.4 is 4.90 Å². The van der Waals surface area contributed by atoms with Gasteiger partial charge in [-0.05, 0) is 43.5 Å². The van der Waals surface area contributed by atoms with E-state index in [1.54, 1.807) is 7.11 Å². The third-order valence-electron chi connectivity index (χ3n) is 3.66. The Morgan fingerprint density at radius 3 is 2.89 bits per heavy atom. The van der Waals surface area contributed by atoms with Gasteiger partial charge in [0.25, 0.3) is 0 Å². The van der Waals surface area contributed by atoms with Crippen molar-refractivity contribution in [3.05, 3.63) is 28.2 Å². The molecule has 1 aliphatic heterocycles. The molecule has 0 bridgehead atoms. The standard InChI is InChI=1S/C14H19BrClNO/c1-10-7-13(18-2)5-6-17(10)14-4-3-12(15)8-11(14)9-16/h3-4,8,10,13H,5-7,9H2,1-2H3. The fourth-order valence-corrected chi connectivity index (χ4v) is 3.26. The third kappa shape index (κ3) is 3.01. The highest BCUT2D eigenvalue weighted by Crippen LogP contribution is 2.31. The molecule has 0 aliphatic carbocycles. The summed E-state index contributed by atoms with van der Waals surface area (Å²) in [4.78, 5) is 2.44. The summed E-state index contributed by atoms with van der Waals surface area (Å²) in [6.45, 7) is 3.29. The topological polar surface area (TPSA) is 12.5 Å². The average Bonchev–Trinajstić information content (AvgIpc) is 2.39. The molecular weight excluding hydrogens is 314 g/mol. The van der Waals surface area contributed by atoms with E-state index in [1.165, 1.54) is 11.3 Å². The van der Waals surface area contributed by atoms with Gasteiger partial charge < -0.3 is 9.64 Å². The van der Waals surface area contributed by atoms with E-state index in [0.717, 1.165) is 23.9 Å². The number of alkyl halides is 1. The van der Waals surface area contributed by atoms with Crippen LogP contribution in [0.1, 0.15) is 25.3 Å². The van der Waals surface area contributed by atoms with Gasteiger partial charge >= 0.3 is 0 Å². The molecule has 18 heavy (non-hydrogen) atoms. The number of nitrogens with zero attached hydrogens (tertiary/aromatic N) is 1. The van der Waals surface area contributed by atoms with Gasteiger partial charge in [-0.15, -0.1) is 11.6 Å². The van der Waals surface area contributed by atoms with Crippen LogP contribution in [0.15, 0.2) is 22.7 Å². The molecule has 2 nitrogen and oxygen atoms in total. The van der Waals surface area contributed by atoms with Gasteiger partial charge in [0.2, 0.25) is 0 Å². The van der Waals surface area contributed by atoms with Crippen molar-refractivity contribution < 1.29 is 4.74 Å². The van der Waals surface area contributed by atoms with Crippen molar-refractivity contribution in [1.82, 2.24) is 0 Å². The number of benzene rings is 1. The molecule has 1 aromatic rings. The van der Waals surface area contributed by atoms with Crippen molar-refractivity contribution in [3.8, 4) is 0 Å². The number of hydrogen-bond acceptors (Lipinski definition) is 2. The lowest BCUT2D eigenvalue weighted by Crippen LogP contribution is -2.43. The zero-order valence-corrected chi connectivity index (χ0v) is 13.2. The minimum Gasteiger partial charge on any atom is -0.381 e. The second kappa shape index (κ2) is 6.27. The third-order valence-corrected chi connectivity index (χ3v) is 4.44. The number of hydrogen-bond donors (Lipinski definition) is 0. The Balaban J connectivity index is 2.21. The van der Waals surface area contributed by atoms with Crippen molar-refractivity contribution in [2.75, 3.05) is 18.6 Å². The van der Waals surface area contributed by atoms with Crippen LogP contribution in [0.25, 0.3) is 0 Å². The molecule has 4 heteroatoms. The van der Waals surface area contributed by atoms with Gasteiger partial charge in [-0.1, -0.05) is 15.9 Å². The van der Waals surface area contributed by atoms with E-state index in [9.17, 15) is 0 Å². The lowest BCUT2D eigenvalue weighted by Gasteiger charge is -2.39. The maximum atomic E-state index is 6.05. The Labute approximate surface area is 122 Å². The van der Waals surface area contributed by atoms with Gasteiger partial charge in [-0.3, -0.25) is 0 Å². The Morgan fingerprint density at radius 1 is 1.50 bits per heavy atom. The van der Waals surface area contributed by atoms with Crippen LogP contribution in [-0.2, 0) is 10.6 Å². The molecule has 0 radical (unpaired) electrons. The molecule has 2 unspecified atom stereocenters. The van der Waals surface area contributed by atoms with Crippen molar-refractivity contribution in [3.63, 3.8) is 0 Å². The number of ether oxygens (including phenoxy) is 1. The summed E-state index contributed by atoms with van der Waals surface area (Å²) in [5.74, 6) is 0.547. The summed E-state index contributed by atoms with van der Waals surface area (Å²) >= 11 is 9.55. The van der Waals surface area contributed by atoms with Crippen LogP contribution >= 0.6 is 27.5 Å². The Morgan fingerprint density at radius 2 is 2.28 bits per heavy atom. The molecule has 1 aliphatic rings. The predicted octanol–water partition coefficient (Wildman–Crippen LogP) is 4.19. The number of rotatable bonds is 3. The van der Waals surface area contributed by atoms with E-state index in [0.29, 0.717) is 18.0 Å². The van der Waals surface area contributed by atoms with Crippen molar-refractivity contribution in [2.24, 2.45) is 0 Å². The zero-order valence-electron chi connectivity index (χ0n) is 10.8. The van der Waals surface area contributed by atoms with Crippen LogP contribution in [0, 0.1) is 0 Å². The first-order chi connectivity index (χ1) is 8.65. The van der Waals surface area contributed by atoms with Crippen LogP contribution in [0.4, 0.5) is 5.69 Å². The lowest BCUT2D eigenvalue weighted by molar-refractivity contribution is 0.0721. The van der Waals surface area contributed by atoms with E-state index in [2.05, 4.69) is 46.0 Å². The fraction of sp³-hybridized carbons (Fsp3) is 0.571. The molecule has 0 spiro atoms. The highest BCUT2D eigenvalue weighted by Gasteiger charge is 2.26. The van der Waals surface area contributed by atoms with Crippen molar-refractivity contribution >= 4 is 33.2 Å². The molecular formula is C14H19BrClNO. The normalized spacial score (nSPS) is 24.3. The first kappa shape index (κ1) is 14.2. The van der Waals surface area contributed by atoms with E-state index in [4.69, 9.17) is 16.3 Å². The molecule has 1 saturated heterocycles. The maximum absolute atomic E-state index is 6.05. The molecule has 1 aromatic carbocycles. The highest BCUT2D eigenvalue weighted by molar-refractivity contribution is 9.10. The molecule has 2 rings (SSSR count). The minimum atomic E-state index is 0.395. The second-order valence-electron chi connectivity index (χ2n) is 4.83. The van der Waals surface area contributed by atoms with Gasteiger partial charge in [0.15, 0.2) is 0 Å². The highest BCUT2D eigenvalue weighted by atomic mass is 79.9. The zero-order chi connectivity index (χ0) is 13.1. The number of methoxy groups -OCH3 is 1. The Kier molecular flexibility index (Phi) is 4.93. The Hall–Kier alpha value is -0.250. The van der Waals surface area contributed by atoms with Crippen LogP contribution in [0.2, 0.25) is 0 Å². The van der Waals surface area contributed by atoms with E-state index in [1.807, 2.05) is 0 Å². The van der Waals surface area contributed by atoms with Crippen molar-refractivity contribution in [1.29, 1.82) is 0 Å². The van der Waals surface area contributed by atoms with Gasteiger partial charge in [0.1, 0.15) is 0 Å². The van der Waals surface area contributed by atoms with E-state index < -0.39 is 0 Å². The molecule has 0 saturated carbocycles. The minimum absolute atomic E-state index is 0.395. The molecule has 0 aromatic heterocycles. The van der Waals surface area contributed by atoms with Crippen LogP contribution in [0.5, 0.6) is 0 Å². The number of piperidine rings is 1. The first-order valence-electron chi connectivity index (χ1n) is 6.29. The lowest BCUT2D eigenvalue weighted by atomic mass is 9.99. The van der Waals surface area contributed by atoms with E-state index in [-0.39, 0.29) is 0 Å². The molecule has 0 amide bonds. The predicted molar refractivity (Wildman–Crippen MR) is 80.5 cm³/mol. The second-order valence-corrected chi connectivity index (χ2v) is 6.01. The Bertz CT molecular complexity index is 413. The number of halogens is 2. The number of anilines is 1. The van der Waals surface area contributed by atoms with Gasteiger partial charge in [0, 0.05) is 35.7 Å². The maximum Gasteiger partial charge on any atom is 0.0607 e. The summed E-state index contributed by atoms with van der Waals surface area (Å²) < 4.78 is 6.55. The summed E-state index contributed by atoms with van der Waals surface area (Å²) in [6.07, 6.45) is 2.55. The molecule has 1 fully saturated rings. The summed E-state index contributed by atoms with van der Waals surface area (Å²) in [6, 6.07) is 6.84. The first-order valence-corrected chi connectivity index (χ1v) is 7.62. The summed E-state index contributed by atoms with van der Waals surface area (Å²) in [5, 5.41) is 0. The quantitative estimate of drug-likeness (QED) is 0.770. The summed E-state index contributed by atoms with van der Waals surface area (Å²) in [5.41, 5.74) is 2.45. The van der Waals surface area contributed by atoms with Crippen LogP contribution in [-0.4, -0.2) is 25.8 Å². The average molecular weight is 333 g/mol. The van der Waals surface area contributed by atoms with Gasteiger partial charge in [0.05, 0.1) is 6.10 Å². The van der Waals surface area contributed by atoms with E-state index >= 15 is 0 Å². The molecule has 100 valence electrons. The SMILES string of the molecule is COC1CCN(c2ccc(Br)cc2CCl)C(C)C1. The van der Waals surface area contributed by atoms with Crippen LogP contribution in [0.3, 0.4) is 0 Å². The monoisotopic (exact) mass is 331 g/mol. The largest absolute Gasteiger partial charge is 0.381 e.